The predicted molar refractivity (Wildman–Crippen MR) is 362 cm³/mol. The van der Waals surface area contributed by atoms with Gasteiger partial charge in [0.25, 0.3) is 0 Å². The number of rotatable bonds is 54. The third-order valence-corrected chi connectivity index (χ3v) is 19.4. The average Bonchev–Trinajstić information content (AvgIpc) is 3.73. The quantitative estimate of drug-likeness (QED) is 0.0358. The van der Waals surface area contributed by atoms with E-state index in [1.54, 1.807) is 21.4 Å². The van der Waals surface area contributed by atoms with E-state index in [4.69, 9.17) is 0 Å². The first-order valence-electron chi connectivity index (χ1n) is 36.6. The number of nitrogens with zero attached hydrogens (tertiary/aromatic N) is 2. The molecule has 1 aliphatic rings. The Morgan fingerprint density at radius 3 is 0.864 bits per heavy atom. The van der Waals surface area contributed by atoms with E-state index in [-0.39, 0.29) is 0 Å². The first kappa shape index (κ1) is 75.1. The second-order valence-corrected chi connectivity index (χ2v) is 26.7. The van der Waals surface area contributed by atoms with E-state index in [1.165, 1.54) is 313 Å². The Bertz CT molecular complexity index is 1810. The minimum atomic E-state index is 1.02. The Labute approximate surface area is 514 Å². The molecule has 0 spiro atoms. The molecule has 1 heterocycles. The smallest absolute Gasteiger partial charge is 0.0654 e. The molecule has 0 fully saturated rings. The van der Waals surface area contributed by atoms with Crippen molar-refractivity contribution >= 4 is 11.4 Å². The van der Waals surface area contributed by atoms with Crippen LogP contribution in [-0.4, -0.2) is 4.70 Å². The molecule has 0 amide bonds. The molecular weight excluding hydrogens is 1020 g/mol. The molecule has 2 aromatic carbocycles. The number of allylic oxidation sites excluding steroid dienone is 2. The van der Waals surface area contributed by atoms with Gasteiger partial charge in [0.1, 0.15) is 0 Å². The number of aryl methyl sites for hydroxylation is 4. The molecule has 0 aliphatic carbocycles. The standard InChI is InChI=1S/C46H72N2.2C16H33.Ni/c1-9-17-22-26-37-33-40(34-38(27-23-18-10-2)42(37)29-24-19-11-3)46-44(30-25-20-12-4)43(28-21-13-5)45(48(46)47)39-31-35(14-6)41(16-8)36(15-7)32-39;2*1-3-5-7-9-11-13-15-16-14-12-10-8-6-4-2;/h31-34H,9-30H2,1-8H3;2*1,3-16H2,2H3;. The van der Waals surface area contributed by atoms with Gasteiger partial charge in [-0.1, -0.05) is 166 Å². The van der Waals surface area contributed by atoms with Gasteiger partial charge in [0.2, 0.25) is 11.4 Å². The van der Waals surface area contributed by atoms with Gasteiger partial charge in [0.15, 0.2) is 0 Å². The molecule has 0 saturated heterocycles. The molecule has 0 atom stereocenters. The molecule has 2 aromatic rings. The topological polar surface area (TPSA) is 25.3 Å². The van der Waals surface area contributed by atoms with Crippen LogP contribution < -0.4 is 0 Å². The summed E-state index contributed by atoms with van der Waals surface area (Å²) in [5, 5.41) is 2.87. The minimum Gasteiger partial charge on any atom is -0.0654 e. The SMILES string of the molecule is CCCCCC1=C(c2cc(CCCCC)c(CCCCC)c(CCCCC)c2)[N+](=[N-])C(c2cc(CC)c(CC)c(CC)c2)=C1CCCC.CCCCCCCCCCCCCCC[CH2][Ni][CH2]CCCCCCCCCCCCCCC. The van der Waals surface area contributed by atoms with E-state index >= 15 is 0 Å². The van der Waals surface area contributed by atoms with Gasteiger partial charge in [0, 0.05) is 22.3 Å². The van der Waals surface area contributed by atoms with Crippen LogP contribution in [0.2, 0.25) is 10.8 Å². The van der Waals surface area contributed by atoms with Crippen molar-refractivity contribution in [2.45, 2.75) is 401 Å². The van der Waals surface area contributed by atoms with Gasteiger partial charge < -0.3 is 5.53 Å². The fourth-order valence-electron chi connectivity index (χ4n) is 12.9. The van der Waals surface area contributed by atoms with Crippen molar-refractivity contribution in [3.05, 3.63) is 85.5 Å². The summed E-state index contributed by atoms with van der Waals surface area (Å²) in [4.78, 5) is 0. The van der Waals surface area contributed by atoms with Crippen molar-refractivity contribution in [1.29, 1.82) is 0 Å². The van der Waals surface area contributed by atoms with Crippen molar-refractivity contribution in [3.63, 3.8) is 0 Å². The molecule has 3 rings (SSSR count). The first-order valence-corrected chi connectivity index (χ1v) is 38.0. The molecule has 81 heavy (non-hydrogen) atoms. The van der Waals surface area contributed by atoms with Crippen LogP contribution in [0.25, 0.3) is 16.9 Å². The van der Waals surface area contributed by atoms with Crippen LogP contribution in [0, 0.1) is 0 Å². The van der Waals surface area contributed by atoms with Gasteiger partial charge in [-0.05, 0) is 141 Å². The van der Waals surface area contributed by atoms with Crippen molar-refractivity contribution < 1.29 is 19.1 Å². The van der Waals surface area contributed by atoms with Crippen LogP contribution in [-0.2, 0) is 53.0 Å². The summed E-state index contributed by atoms with van der Waals surface area (Å²) in [6.45, 7) is 23.0. The minimum absolute atomic E-state index is 1.02. The summed E-state index contributed by atoms with van der Waals surface area (Å²) in [5.74, 6) is 0. The van der Waals surface area contributed by atoms with Crippen LogP contribution >= 0.6 is 0 Å². The molecule has 0 unspecified atom stereocenters. The third kappa shape index (κ3) is 32.4. The summed E-state index contributed by atoms with van der Waals surface area (Å²) in [7, 11) is 0. The van der Waals surface area contributed by atoms with Crippen LogP contribution in [0.4, 0.5) is 0 Å². The Morgan fingerprint density at radius 1 is 0.272 bits per heavy atom. The van der Waals surface area contributed by atoms with E-state index < -0.39 is 0 Å². The zero-order valence-corrected chi connectivity index (χ0v) is 57.3. The molecule has 0 N–H and O–H groups in total. The van der Waals surface area contributed by atoms with Gasteiger partial charge in [-0.3, -0.25) is 0 Å². The van der Waals surface area contributed by atoms with Crippen LogP contribution in [0.5, 0.6) is 0 Å². The molecule has 2 nitrogen and oxygen atoms in total. The van der Waals surface area contributed by atoms with E-state index in [1.807, 2.05) is 14.4 Å². The number of hydrogen-bond acceptors (Lipinski definition) is 0. The van der Waals surface area contributed by atoms with E-state index in [0.717, 1.165) is 69.2 Å². The zero-order valence-electron chi connectivity index (χ0n) is 56.3. The van der Waals surface area contributed by atoms with E-state index in [0.29, 0.717) is 0 Å². The van der Waals surface area contributed by atoms with Crippen molar-refractivity contribution in [1.82, 2.24) is 0 Å². The molecular formula is C78H138N2Ni. The molecule has 0 aromatic heterocycles. The van der Waals surface area contributed by atoms with Gasteiger partial charge in [0.05, 0.1) is 0 Å². The summed E-state index contributed by atoms with van der Waals surface area (Å²) in [5.41, 5.74) is 29.1. The monoisotopic (exact) mass is 1160 g/mol. The molecule has 3 heteroatoms. The summed E-state index contributed by atoms with van der Waals surface area (Å²) >= 11 is 2.04. The second kappa shape index (κ2) is 52.4. The Morgan fingerprint density at radius 2 is 0.543 bits per heavy atom. The molecule has 0 bridgehead atoms. The fourth-order valence-corrected chi connectivity index (χ4v) is 14.1. The summed E-state index contributed by atoms with van der Waals surface area (Å²) in [6, 6.07) is 9.87. The fraction of sp³-hybridized carbons (Fsp3) is 0.795. The summed E-state index contributed by atoms with van der Waals surface area (Å²) < 4.78 is 1.67. The Balaban J connectivity index is 0.000000596. The van der Waals surface area contributed by atoms with Crippen LogP contribution in [0.3, 0.4) is 0 Å². The van der Waals surface area contributed by atoms with E-state index in [2.05, 4.69) is 93.5 Å². The number of unbranched alkanes of at least 4 members (excludes halogenated alkanes) is 35. The average molecular weight is 1160 g/mol. The van der Waals surface area contributed by atoms with Crippen molar-refractivity contribution in [2.24, 2.45) is 0 Å². The first-order chi connectivity index (χ1) is 39.8. The normalized spacial score (nSPS) is 12.7. The van der Waals surface area contributed by atoms with Crippen LogP contribution in [0.15, 0.2) is 35.4 Å². The van der Waals surface area contributed by atoms with Gasteiger partial charge >= 0.3 is 166 Å². The van der Waals surface area contributed by atoms with Gasteiger partial charge in [-0.15, -0.1) is 0 Å². The van der Waals surface area contributed by atoms with Gasteiger partial charge in [-0.25, -0.2) is 4.70 Å². The zero-order chi connectivity index (χ0) is 58.8. The Kier molecular flexibility index (Phi) is 48.5. The van der Waals surface area contributed by atoms with Crippen molar-refractivity contribution in [3.8, 4) is 0 Å². The molecule has 470 valence electrons. The molecule has 0 radical (unpaired) electrons. The molecule has 1 aliphatic heterocycles. The Hall–Kier alpha value is -1.99. The number of hydrogen-bond donors (Lipinski definition) is 0. The van der Waals surface area contributed by atoms with E-state index in [9.17, 15) is 5.53 Å². The maximum absolute atomic E-state index is 12.6. The predicted octanol–water partition coefficient (Wildman–Crippen LogP) is 27.4. The van der Waals surface area contributed by atoms with Crippen molar-refractivity contribution in [2.75, 3.05) is 0 Å². The third-order valence-electron chi connectivity index (χ3n) is 18.0. The second-order valence-electron chi connectivity index (χ2n) is 25.2. The van der Waals surface area contributed by atoms with Gasteiger partial charge in [-0.2, -0.15) is 0 Å². The maximum atomic E-state index is 12.6. The number of benzene rings is 2. The van der Waals surface area contributed by atoms with Crippen LogP contribution in [0.1, 0.15) is 396 Å². The summed E-state index contributed by atoms with van der Waals surface area (Å²) in [6.07, 6.45) is 67.2. The molecule has 0 saturated carbocycles.